The minimum absolute atomic E-state index is 0.0685. The Kier molecular flexibility index (Phi) is 7.34. The molecule has 3 heteroatoms. The van der Waals surface area contributed by atoms with Gasteiger partial charge < -0.3 is 14.3 Å². The summed E-state index contributed by atoms with van der Waals surface area (Å²) in [6, 6.07) is 0. The van der Waals surface area contributed by atoms with E-state index in [0.29, 0.717) is 63.8 Å². The van der Waals surface area contributed by atoms with Crippen LogP contribution in [0.2, 0.25) is 0 Å². The minimum atomic E-state index is -0.111. The molecule has 0 N–H and O–H groups in total. The molecule has 0 radical (unpaired) electrons. The number of rotatable bonds is 3. The van der Waals surface area contributed by atoms with E-state index in [2.05, 4.69) is 75.3 Å². The first-order valence-electron chi connectivity index (χ1n) is 17.6. The number of fused-ring (bicyclic) bond motifs is 7. The van der Waals surface area contributed by atoms with Crippen LogP contribution in [0.1, 0.15) is 133 Å². The van der Waals surface area contributed by atoms with E-state index in [0.717, 1.165) is 19.3 Å². The average molecular weight is 567 g/mol. The van der Waals surface area contributed by atoms with Crippen molar-refractivity contribution in [2.75, 3.05) is 0 Å². The van der Waals surface area contributed by atoms with Crippen LogP contribution >= 0.6 is 0 Å². The molecule has 5 fully saturated rings. The summed E-state index contributed by atoms with van der Waals surface area (Å²) in [7, 11) is 0. The highest BCUT2D eigenvalue weighted by atomic mass is 16.7. The molecule has 6 rings (SSSR count). The smallest absolute Gasteiger partial charge is 0.161 e. The average Bonchev–Trinajstić information content (AvgIpc) is 2.92. The molecule has 0 bridgehead atoms. The van der Waals surface area contributed by atoms with Gasteiger partial charge in [0.1, 0.15) is 6.29 Å². The summed E-state index contributed by atoms with van der Waals surface area (Å²) in [6.45, 7) is 24.7. The molecule has 3 nitrogen and oxygen atoms in total. The number of ether oxygens (including phenoxy) is 2. The number of carbonyl (C=O) groups excluding carboxylic acids is 1. The molecular weight excluding hydrogens is 504 g/mol. The maximum Gasteiger partial charge on any atom is 0.161 e. The third-order valence-electron chi connectivity index (χ3n) is 16.0. The molecule has 5 aliphatic carbocycles. The third-order valence-corrected chi connectivity index (χ3v) is 16.0. The van der Waals surface area contributed by atoms with Crippen LogP contribution in [0.5, 0.6) is 0 Å². The first-order chi connectivity index (χ1) is 19.1. The molecule has 14 atom stereocenters. The van der Waals surface area contributed by atoms with Crippen LogP contribution in [-0.2, 0) is 14.3 Å². The normalized spacial score (nSPS) is 56.4. The van der Waals surface area contributed by atoms with Crippen LogP contribution < -0.4 is 0 Å². The number of carbonyl (C=O) groups is 1. The lowest BCUT2D eigenvalue weighted by Gasteiger charge is -2.70. The van der Waals surface area contributed by atoms with Crippen LogP contribution in [0.15, 0.2) is 11.6 Å². The molecule has 1 aliphatic heterocycles. The van der Waals surface area contributed by atoms with Gasteiger partial charge in [0.05, 0.1) is 12.2 Å². The Labute approximate surface area is 252 Å². The van der Waals surface area contributed by atoms with Crippen molar-refractivity contribution in [2.24, 2.45) is 68.5 Å². The van der Waals surface area contributed by atoms with Gasteiger partial charge in [0.25, 0.3) is 0 Å². The van der Waals surface area contributed by atoms with Crippen LogP contribution in [0.3, 0.4) is 0 Å². The summed E-state index contributed by atoms with van der Waals surface area (Å²) >= 11 is 0. The van der Waals surface area contributed by atoms with Gasteiger partial charge in [-0.3, -0.25) is 0 Å². The van der Waals surface area contributed by atoms with Crippen LogP contribution in [0, 0.1) is 68.5 Å². The Bertz CT molecular complexity index is 1060. The number of allylic oxidation sites excluding steroid dienone is 2. The molecule has 6 unspecified atom stereocenters. The summed E-state index contributed by atoms with van der Waals surface area (Å²) in [5.41, 5.74) is 2.76. The van der Waals surface area contributed by atoms with Crippen LogP contribution in [0.4, 0.5) is 0 Å². The van der Waals surface area contributed by atoms with Gasteiger partial charge in [-0.15, -0.1) is 0 Å². The van der Waals surface area contributed by atoms with E-state index in [1.54, 1.807) is 5.57 Å². The fourth-order valence-corrected chi connectivity index (χ4v) is 12.2. The fraction of sp³-hybridized carbons (Fsp3) is 0.921. The maximum absolute atomic E-state index is 12.7. The van der Waals surface area contributed by atoms with Crippen molar-refractivity contribution in [1.82, 2.24) is 0 Å². The summed E-state index contributed by atoms with van der Waals surface area (Å²) in [6.07, 6.45) is 16.6. The summed E-state index contributed by atoms with van der Waals surface area (Å²) in [5, 5.41) is 0. The van der Waals surface area contributed by atoms with E-state index in [1.165, 1.54) is 51.2 Å². The van der Waals surface area contributed by atoms with Gasteiger partial charge in [0, 0.05) is 11.3 Å². The van der Waals surface area contributed by atoms with Crippen molar-refractivity contribution >= 4 is 6.29 Å². The summed E-state index contributed by atoms with van der Waals surface area (Å²) in [4.78, 5) is 12.7. The molecule has 0 spiro atoms. The van der Waals surface area contributed by atoms with E-state index in [-0.39, 0.29) is 23.2 Å². The molecule has 6 aliphatic rings. The highest BCUT2D eigenvalue weighted by molar-refractivity contribution is 5.63. The van der Waals surface area contributed by atoms with E-state index < -0.39 is 0 Å². The monoisotopic (exact) mass is 566 g/mol. The van der Waals surface area contributed by atoms with Gasteiger partial charge in [0.15, 0.2) is 6.29 Å². The largest absolute Gasteiger partial charge is 0.349 e. The van der Waals surface area contributed by atoms with Crippen molar-refractivity contribution < 1.29 is 14.3 Å². The highest BCUT2D eigenvalue weighted by Crippen LogP contribution is 2.74. The van der Waals surface area contributed by atoms with Crippen LogP contribution in [-0.4, -0.2) is 24.8 Å². The second kappa shape index (κ2) is 9.92. The molecule has 1 heterocycles. The predicted molar refractivity (Wildman–Crippen MR) is 167 cm³/mol. The second-order valence-electron chi connectivity index (χ2n) is 18.0. The summed E-state index contributed by atoms with van der Waals surface area (Å²) in [5.74, 6) is 4.05. The van der Waals surface area contributed by atoms with Gasteiger partial charge in [0.2, 0.25) is 0 Å². The van der Waals surface area contributed by atoms with Crippen LogP contribution in [0.25, 0.3) is 0 Å². The molecule has 0 amide bonds. The summed E-state index contributed by atoms with van der Waals surface area (Å²) < 4.78 is 13.4. The molecule has 0 aromatic heterocycles. The SMILES string of the molecule is CC1O[C@@H](O[C@H]2CCC3(C)C4CC=C5C6CC(C)(C)CC[C@]6(C=O)CC[C@@]5(C)[C@@]4(C)CC[C@H]3C2C)[C@@H](C)C(C)[C@@H]1C. The van der Waals surface area contributed by atoms with Gasteiger partial charge in [-0.1, -0.05) is 74.0 Å². The zero-order valence-corrected chi connectivity index (χ0v) is 28.2. The molecule has 0 aromatic rings. The number of hydrogen-bond donors (Lipinski definition) is 0. The second-order valence-corrected chi connectivity index (χ2v) is 18.0. The maximum atomic E-state index is 12.7. The Morgan fingerprint density at radius 2 is 1.54 bits per heavy atom. The zero-order chi connectivity index (χ0) is 29.8. The molecule has 41 heavy (non-hydrogen) atoms. The zero-order valence-electron chi connectivity index (χ0n) is 28.2. The number of aldehydes is 1. The van der Waals surface area contributed by atoms with Crippen molar-refractivity contribution in [3.63, 3.8) is 0 Å². The highest BCUT2D eigenvalue weighted by Gasteiger charge is 2.67. The molecule has 0 aromatic carbocycles. The van der Waals surface area contributed by atoms with E-state index >= 15 is 0 Å². The van der Waals surface area contributed by atoms with E-state index in [1.807, 2.05) is 0 Å². The lowest BCUT2D eigenvalue weighted by molar-refractivity contribution is -0.281. The Balaban J connectivity index is 1.26. The van der Waals surface area contributed by atoms with Crippen molar-refractivity contribution in [1.29, 1.82) is 0 Å². The predicted octanol–water partition coefficient (Wildman–Crippen LogP) is 9.64. The fourth-order valence-electron chi connectivity index (χ4n) is 12.2. The van der Waals surface area contributed by atoms with Gasteiger partial charge in [-0.05, 0) is 128 Å². The molecule has 232 valence electrons. The molecule has 4 saturated carbocycles. The number of hydrogen-bond acceptors (Lipinski definition) is 3. The van der Waals surface area contributed by atoms with Gasteiger partial charge in [-0.2, -0.15) is 0 Å². The van der Waals surface area contributed by atoms with Crippen molar-refractivity contribution in [2.45, 2.75) is 152 Å². The Morgan fingerprint density at radius 3 is 2.24 bits per heavy atom. The lowest BCUT2D eigenvalue weighted by Crippen LogP contribution is -2.63. The van der Waals surface area contributed by atoms with Crippen molar-refractivity contribution in [3.05, 3.63) is 11.6 Å². The lowest BCUT2D eigenvalue weighted by atomic mass is 9.34. The van der Waals surface area contributed by atoms with E-state index in [4.69, 9.17) is 9.47 Å². The van der Waals surface area contributed by atoms with Gasteiger partial charge >= 0.3 is 0 Å². The molecular formula is C38H62O3. The minimum Gasteiger partial charge on any atom is -0.349 e. The Morgan fingerprint density at radius 1 is 0.829 bits per heavy atom. The van der Waals surface area contributed by atoms with Gasteiger partial charge in [-0.25, -0.2) is 0 Å². The topological polar surface area (TPSA) is 35.5 Å². The first-order valence-corrected chi connectivity index (χ1v) is 17.6. The van der Waals surface area contributed by atoms with E-state index in [9.17, 15) is 4.79 Å². The standard InChI is InChI=1S/C38H62O3/c1-23-24(2)27(5)40-33(25(23)3)41-31-14-15-35(8)28(26(31)4)13-16-37(10)32(35)12-11-29-30-21-34(6,7)17-19-38(30,22-39)20-18-36(29,37)9/h11,22-28,30-33H,12-21H2,1-10H3/t23?,24-,25-,26?,27?,28-,30?,31-,32?,33-,35?,36+,37-,38+/m0/s1. The third kappa shape index (κ3) is 4.27. The van der Waals surface area contributed by atoms with Crippen molar-refractivity contribution in [3.8, 4) is 0 Å². The quantitative estimate of drug-likeness (QED) is 0.194. The molecule has 1 saturated heterocycles. The Hall–Kier alpha value is -0.670. The first kappa shape index (κ1) is 30.4.